The Morgan fingerprint density at radius 2 is 2.00 bits per heavy atom. The molecular formula is C18H26N2OS. The fraction of sp³-hybridized carbons (Fsp3) is 0.500. The normalized spacial score (nSPS) is 12.3. The van der Waals surface area contributed by atoms with Gasteiger partial charge in [-0.15, -0.1) is 11.3 Å². The quantitative estimate of drug-likeness (QED) is 0.661. The summed E-state index contributed by atoms with van der Waals surface area (Å²) in [5.74, 6) is 1.26. The third-order valence-electron chi connectivity index (χ3n) is 3.76. The van der Waals surface area contributed by atoms with Crippen LogP contribution in [0.3, 0.4) is 0 Å². The summed E-state index contributed by atoms with van der Waals surface area (Å²) >= 11 is 1.68. The van der Waals surface area contributed by atoms with Crippen molar-refractivity contribution in [3.63, 3.8) is 0 Å². The van der Waals surface area contributed by atoms with Crippen molar-refractivity contribution in [2.24, 2.45) is 5.73 Å². The van der Waals surface area contributed by atoms with Crippen molar-refractivity contribution in [1.29, 1.82) is 0 Å². The van der Waals surface area contributed by atoms with Crippen LogP contribution in [0.1, 0.15) is 49.1 Å². The smallest absolute Gasteiger partial charge is 0.119 e. The lowest BCUT2D eigenvalue weighted by Gasteiger charge is -2.12. The molecule has 0 aliphatic heterocycles. The topological polar surface area (TPSA) is 48.1 Å². The van der Waals surface area contributed by atoms with E-state index >= 15 is 0 Å². The summed E-state index contributed by atoms with van der Waals surface area (Å²) < 4.78 is 5.78. The average molecular weight is 318 g/mol. The van der Waals surface area contributed by atoms with E-state index in [1.165, 1.54) is 24.8 Å². The van der Waals surface area contributed by atoms with E-state index in [9.17, 15) is 0 Å². The van der Waals surface area contributed by atoms with Crippen LogP contribution < -0.4 is 10.5 Å². The second-order valence-corrected chi connectivity index (χ2v) is 6.49. The van der Waals surface area contributed by atoms with Crippen LogP contribution in [0.4, 0.5) is 0 Å². The van der Waals surface area contributed by atoms with Crippen molar-refractivity contribution in [2.45, 2.75) is 44.9 Å². The Hall–Kier alpha value is -1.39. The SMILES string of the molecule is CCCCCCOc1ccc(CC(CN)c2nccs2)cc1. The van der Waals surface area contributed by atoms with E-state index in [0.29, 0.717) is 12.5 Å². The molecule has 0 amide bonds. The van der Waals surface area contributed by atoms with Crippen molar-refractivity contribution in [3.05, 3.63) is 46.4 Å². The number of nitrogens with two attached hydrogens (primary N) is 1. The van der Waals surface area contributed by atoms with Gasteiger partial charge in [0.15, 0.2) is 0 Å². The van der Waals surface area contributed by atoms with Crippen molar-refractivity contribution >= 4 is 11.3 Å². The highest BCUT2D eigenvalue weighted by Crippen LogP contribution is 2.23. The van der Waals surface area contributed by atoms with Gasteiger partial charge in [-0.25, -0.2) is 4.98 Å². The van der Waals surface area contributed by atoms with Gasteiger partial charge in [0.2, 0.25) is 0 Å². The summed E-state index contributed by atoms with van der Waals surface area (Å²) in [7, 11) is 0. The van der Waals surface area contributed by atoms with E-state index in [0.717, 1.165) is 30.2 Å². The van der Waals surface area contributed by atoms with Gasteiger partial charge in [-0.05, 0) is 30.5 Å². The van der Waals surface area contributed by atoms with Crippen LogP contribution in [0.15, 0.2) is 35.8 Å². The highest BCUT2D eigenvalue weighted by Gasteiger charge is 2.13. The second kappa shape index (κ2) is 9.59. The van der Waals surface area contributed by atoms with E-state index in [1.54, 1.807) is 11.3 Å². The Bertz CT molecular complexity index is 510. The molecule has 0 saturated heterocycles. The van der Waals surface area contributed by atoms with Crippen molar-refractivity contribution in [2.75, 3.05) is 13.2 Å². The lowest BCUT2D eigenvalue weighted by molar-refractivity contribution is 0.305. The Labute approximate surface area is 137 Å². The van der Waals surface area contributed by atoms with Gasteiger partial charge in [-0.1, -0.05) is 38.3 Å². The van der Waals surface area contributed by atoms with Gasteiger partial charge in [0.05, 0.1) is 11.6 Å². The van der Waals surface area contributed by atoms with Crippen LogP contribution in [0.5, 0.6) is 5.75 Å². The predicted molar refractivity (Wildman–Crippen MR) is 93.7 cm³/mol. The van der Waals surface area contributed by atoms with Crippen LogP contribution in [0, 0.1) is 0 Å². The molecule has 22 heavy (non-hydrogen) atoms. The molecule has 0 bridgehead atoms. The monoisotopic (exact) mass is 318 g/mol. The summed E-state index contributed by atoms with van der Waals surface area (Å²) in [4.78, 5) is 4.38. The first-order valence-corrected chi connectivity index (χ1v) is 9.02. The largest absolute Gasteiger partial charge is 0.494 e. The number of benzene rings is 1. The van der Waals surface area contributed by atoms with Gasteiger partial charge in [0, 0.05) is 24.0 Å². The zero-order chi connectivity index (χ0) is 15.6. The molecular weight excluding hydrogens is 292 g/mol. The molecule has 2 N–H and O–H groups in total. The molecule has 0 aliphatic carbocycles. The first-order valence-electron chi connectivity index (χ1n) is 8.14. The molecule has 3 nitrogen and oxygen atoms in total. The molecule has 0 saturated carbocycles. The second-order valence-electron chi connectivity index (χ2n) is 5.56. The number of thiazole rings is 1. The number of hydrogen-bond acceptors (Lipinski definition) is 4. The molecule has 2 aromatic rings. The summed E-state index contributed by atoms with van der Waals surface area (Å²) in [5.41, 5.74) is 7.17. The van der Waals surface area contributed by atoms with Gasteiger partial charge in [0.1, 0.15) is 5.75 Å². The summed E-state index contributed by atoms with van der Waals surface area (Å²) in [5, 5.41) is 3.13. The van der Waals surface area contributed by atoms with Gasteiger partial charge in [0.25, 0.3) is 0 Å². The molecule has 1 heterocycles. The van der Waals surface area contributed by atoms with E-state index < -0.39 is 0 Å². The first kappa shape index (κ1) is 17.0. The third-order valence-corrected chi connectivity index (χ3v) is 4.70. The van der Waals surface area contributed by atoms with Gasteiger partial charge in [-0.3, -0.25) is 0 Å². The van der Waals surface area contributed by atoms with Gasteiger partial charge >= 0.3 is 0 Å². The molecule has 120 valence electrons. The van der Waals surface area contributed by atoms with Crippen LogP contribution in [0.25, 0.3) is 0 Å². The first-order chi connectivity index (χ1) is 10.8. The number of nitrogens with zero attached hydrogens (tertiary/aromatic N) is 1. The predicted octanol–water partition coefficient (Wildman–Crippen LogP) is 4.39. The molecule has 1 unspecified atom stereocenters. The van der Waals surface area contributed by atoms with Gasteiger partial charge in [-0.2, -0.15) is 0 Å². The number of unbranched alkanes of at least 4 members (excludes halogenated alkanes) is 3. The number of hydrogen-bond donors (Lipinski definition) is 1. The Morgan fingerprint density at radius 1 is 1.18 bits per heavy atom. The maximum atomic E-state index is 5.89. The lowest BCUT2D eigenvalue weighted by Crippen LogP contribution is -2.14. The Balaban J connectivity index is 1.81. The standard InChI is InChI=1S/C18H26N2OS/c1-2-3-4-5-11-21-17-8-6-15(7-9-17)13-16(14-19)18-20-10-12-22-18/h6-10,12,16H,2-5,11,13-14,19H2,1H3. The van der Waals surface area contributed by atoms with E-state index in [-0.39, 0.29) is 0 Å². The van der Waals surface area contributed by atoms with Crippen LogP contribution in [-0.4, -0.2) is 18.1 Å². The Morgan fingerprint density at radius 3 is 2.64 bits per heavy atom. The molecule has 1 aromatic carbocycles. The zero-order valence-electron chi connectivity index (χ0n) is 13.3. The minimum Gasteiger partial charge on any atom is -0.494 e. The molecule has 0 radical (unpaired) electrons. The van der Waals surface area contributed by atoms with Crippen LogP contribution >= 0.6 is 11.3 Å². The van der Waals surface area contributed by atoms with Crippen molar-refractivity contribution in [1.82, 2.24) is 4.98 Å². The van der Waals surface area contributed by atoms with E-state index in [2.05, 4.69) is 36.2 Å². The number of aromatic nitrogens is 1. The van der Waals surface area contributed by atoms with Crippen molar-refractivity contribution in [3.8, 4) is 5.75 Å². The summed E-state index contributed by atoms with van der Waals surface area (Å²) in [6.45, 7) is 3.66. The fourth-order valence-electron chi connectivity index (χ4n) is 2.43. The number of rotatable bonds is 10. The molecule has 0 spiro atoms. The summed E-state index contributed by atoms with van der Waals surface area (Å²) in [6, 6.07) is 8.39. The van der Waals surface area contributed by atoms with E-state index in [1.807, 2.05) is 11.6 Å². The zero-order valence-corrected chi connectivity index (χ0v) is 14.1. The third kappa shape index (κ3) is 5.43. The highest BCUT2D eigenvalue weighted by atomic mass is 32.1. The minimum absolute atomic E-state index is 0.306. The maximum Gasteiger partial charge on any atom is 0.119 e. The lowest BCUT2D eigenvalue weighted by atomic mass is 10.00. The van der Waals surface area contributed by atoms with Crippen molar-refractivity contribution < 1.29 is 4.74 Å². The number of ether oxygens (including phenoxy) is 1. The maximum absolute atomic E-state index is 5.89. The molecule has 0 aliphatic rings. The Kier molecular flexibility index (Phi) is 7.40. The minimum atomic E-state index is 0.306. The molecule has 4 heteroatoms. The van der Waals surface area contributed by atoms with E-state index in [4.69, 9.17) is 10.5 Å². The average Bonchev–Trinajstić information content (AvgIpc) is 3.08. The molecule has 1 atom stereocenters. The fourth-order valence-corrected chi connectivity index (χ4v) is 3.19. The van der Waals surface area contributed by atoms with Gasteiger partial charge < -0.3 is 10.5 Å². The molecule has 2 rings (SSSR count). The molecule has 0 fully saturated rings. The highest BCUT2D eigenvalue weighted by molar-refractivity contribution is 7.09. The van der Waals surface area contributed by atoms with Crippen LogP contribution in [0.2, 0.25) is 0 Å². The molecule has 1 aromatic heterocycles. The summed E-state index contributed by atoms with van der Waals surface area (Å²) in [6.07, 6.45) is 7.71. The van der Waals surface area contributed by atoms with Crippen LogP contribution in [-0.2, 0) is 6.42 Å².